The molecule has 33 heavy (non-hydrogen) atoms. The number of alkyl halides is 6. The molecule has 1 aliphatic heterocycles. The summed E-state index contributed by atoms with van der Waals surface area (Å²) >= 11 is 0. The first kappa shape index (κ1) is 24.4. The van der Waals surface area contributed by atoms with Gasteiger partial charge in [0.25, 0.3) is 11.8 Å². The first-order chi connectivity index (χ1) is 15.3. The lowest BCUT2D eigenvalue weighted by atomic mass is 10.0. The monoisotopic (exact) mass is 475 g/mol. The molecule has 0 unspecified atom stereocenters. The largest absolute Gasteiger partial charge is 0.481 e. The van der Waals surface area contributed by atoms with Crippen LogP contribution in [0.2, 0.25) is 0 Å². The second kappa shape index (κ2) is 8.93. The van der Waals surface area contributed by atoms with E-state index in [0.29, 0.717) is 30.9 Å². The fraction of sp³-hybridized carbons (Fsp3) is 0.333. The zero-order valence-corrected chi connectivity index (χ0v) is 17.5. The molecule has 0 bridgehead atoms. The number of benzene rings is 2. The number of fused-ring (bicyclic) bond motifs is 1. The smallest absolute Gasteiger partial charge is 0.416 e. The van der Waals surface area contributed by atoms with Gasteiger partial charge in [-0.2, -0.15) is 26.3 Å². The summed E-state index contributed by atoms with van der Waals surface area (Å²) in [6, 6.07) is 4.84. The van der Waals surface area contributed by atoms with E-state index in [9.17, 15) is 35.9 Å². The molecular formula is C21H19F6N3O3. The van der Waals surface area contributed by atoms with Crippen LogP contribution in [-0.2, 0) is 17.1 Å². The highest BCUT2D eigenvalue weighted by atomic mass is 19.4. The van der Waals surface area contributed by atoms with Crippen molar-refractivity contribution in [2.45, 2.75) is 12.4 Å². The van der Waals surface area contributed by atoms with Crippen molar-refractivity contribution < 1.29 is 40.7 Å². The number of carbonyl (C=O) groups excluding carboxylic acids is 2. The molecule has 0 spiro atoms. The highest BCUT2D eigenvalue weighted by Crippen LogP contribution is 2.37. The van der Waals surface area contributed by atoms with Gasteiger partial charge in [0.2, 0.25) is 0 Å². The summed E-state index contributed by atoms with van der Waals surface area (Å²) in [5.74, 6) is -1.20. The first-order valence-corrected chi connectivity index (χ1v) is 9.58. The van der Waals surface area contributed by atoms with Crippen LogP contribution in [0.15, 0.2) is 36.4 Å². The lowest BCUT2D eigenvalue weighted by Crippen LogP contribution is -2.42. The summed E-state index contributed by atoms with van der Waals surface area (Å²) in [5, 5.41) is 2.28. The molecule has 1 N–H and O–H groups in total. The molecule has 2 aromatic carbocycles. The van der Waals surface area contributed by atoms with Crippen molar-refractivity contribution in [2.75, 3.05) is 44.0 Å². The lowest BCUT2D eigenvalue weighted by Gasteiger charge is -2.30. The average Bonchev–Trinajstić information content (AvgIpc) is 2.71. The van der Waals surface area contributed by atoms with Gasteiger partial charge in [-0.05, 0) is 44.4 Å². The number of amides is 2. The minimum Gasteiger partial charge on any atom is -0.481 e. The standard InChI is InChI=1S/C21H19F6N3O3/c1-29(2)5-6-30-16-4-3-15(10-17(16)33-11-18(30)31)28-19(32)12-7-13(20(22,23)24)9-14(8-12)21(25,26)27/h3-4,7-10H,5-6,11H2,1-2H3,(H,28,32). The van der Waals surface area contributed by atoms with Crippen LogP contribution in [0, 0.1) is 0 Å². The van der Waals surface area contributed by atoms with Crippen molar-refractivity contribution >= 4 is 23.2 Å². The number of anilines is 2. The number of likely N-dealkylation sites (N-methyl/N-ethyl adjacent to an activating group) is 1. The highest BCUT2D eigenvalue weighted by Gasteiger charge is 2.37. The van der Waals surface area contributed by atoms with Gasteiger partial charge in [-0.15, -0.1) is 0 Å². The quantitative estimate of drug-likeness (QED) is 0.657. The van der Waals surface area contributed by atoms with Crippen molar-refractivity contribution in [1.82, 2.24) is 4.90 Å². The fourth-order valence-corrected chi connectivity index (χ4v) is 3.12. The van der Waals surface area contributed by atoms with Crippen molar-refractivity contribution in [1.29, 1.82) is 0 Å². The van der Waals surface area contributed by atoms with Crippen molar-refractivity contribution in [3.63, 3.8) is 0 Å². The average molecular weight is 475 g/mol. The molecule has 178 valence electrons. The Morgan fingerprint density at radius 3 is 2.18 bits per heavy atom. The van der Waals surface area contributed by atoms with Crippen LogP contribution in [0.1, 0.15) is 21.5 Å². The van der Waals surface area contributed by atoms with Gasteiger partial charge in [0, 0.05) is 30.4 Å². The number of halogens is 6. The van der Waals surface area contributed by atoms with Gasteiger partial charge in [-0.1, -0.05) is 0 Å². The maximum atomic E-state index is 13.0. The number of nitrogens with one attached hydrogen (secondary N) is 1. The van der Waals surface area contributed by atoms with Gasteiger partial charge in [-0.3, -0.25) is 9.59 Å². The fourth-order valence-electron chi connectivity index (χ4n) is 3.12. The third kappa shape index (κ3) is 5.75. The molecule has 1 heterocycles. The molecule has 0 aliphatic carbocycles. The van der Waals surface area contributed by atoms with Crippen LogP contribution >= 0.6 is 0 Å². The number of ether oxygens (including phenoxy) is 1. The Kier molecular flexibility index (Phi) is 6.59. The maximum absolute atomic E-state index is 13.0. The van der Waals surface area contributed by atoms with Crippen LogP contribution in [0.5, 0.6) is 5.75 Å². The highest BCUT2D eigenvalue weighted by molar-refractivity contribution is 6.05. The number of carbonyl (C=O) groups is 2. The van der Waals surface area contributed by atoms with E-state index in [1.807, 2.05) is 19.0 Å². The Balaban J connectivity index is 1.87. The number of rotatable bonds is 5. The predicted molar refractivity (Wildman–Crippen MR) is 107 cm³/mol. The van der Waals surface area contributed by atoms with Gasteiger partial charge >= 0.3 is 12.4 Å². The van der Waals surface area contributed by atoms with Crippen LogP contribution in [-0.4, -0.2) is 50.5 Å². The zero-order valence-electron chi connectivity index (χ0n) is 17.5. The molecular weight excluding hydrogens is 456 g/mol. The summed E-state index contributed by atoms with van der Waals surface area (Å²) in [6.07, 6.45) is -10.1. The SMILES string of the molecule is CN(C)CCN1C(=O)COc2cc(NC(=O)c3cc(C(F)(F)F)cc(C(F)(F)F)c3)ccc21. The molecule has 0 saturated heterocycles. The Labute approximate surface area is 184 Å². The molecule has 12 heteroatoms. The third-order valence-corrected chi connectivity index (χ3v) is 4.78. The van der Waals surface area contributed by atoms with Gasteiger partial charge in [0.05, 0.1) is 16.8 Å². The van der Waals surface area contributed by atoms with Gasteiger partial charge in [-0.25, -0.2) is 0 Å². The maximum Gasteiger partial charge on any atom is 0.416 e. The van der Waals surface area contributed by atoms with E-state index < -0.39 is 35.0 Å². The molecule has 1 aliphatic rings. The Morgan fingerprint density at radius 2 is 1.64 bits per heavy atom. The molecule has 2 amide bonds. The van der Waals surface area contributed by atoms with E-state index >= 15 is 0 Å². The second-order valence-corrected chi connectivity index (χ2v) is 7.57. The van der Waals surface area contributed by atoms with Crippen LogP contribution in [0.4, 0.5) is 37.7 Å². The summed E-state index contributed by atoms with van der Waals surface area (Å²) in [4.78, 5) is 28.0. The van der Waals surface area contributed by atoms with Crippen molar-refractivity contribution in [3.05, 3.63) is 53.1 Å². The van der Waals surface area contributed by atoms with Crippen molar-refractivity contribution in [3.8, 4) is 5.75 Å². The van der Waals surface area contributed by atoms with Gasteiger partial charge in [0.15, 0.2) is 6.61 Å². The molecule has 0 atom stereocenters. The van der Waals surface area contributed by atoms with E-state index in [1.165, 1.54) is 23.1 Å². The van der Waals surface area contributed by atoms with Crippen LogP contribution in [0.25, 0.3) is 0 Å². The van der Waals surface area contributed by atoms with E-state index in [-0.39, 0.29) is 30.0 Å². The zero-order chi connectivity index (χ0) is 24.6. The number of hydrogen-bond donors (Lipinski definition) is 1. The Hall–Kier alpha value is -3.28. The minimum absolute atomic E-state index is 0.0527. The summed E-state index contributed by atoms with van der Waals surface area (Å²) in [7, 11) is 3.67. The minimum atomic E-state index is -5.07. The Morgan fingerprint density at radius 1 is 1.03 bits per heavy atom. The summed E-state index contributed by atoms with van der Waals surface area (Å²) < 4.78 is 83.6. The summed E-state index contributed by atoms with van der Waals surface area (Å²) in [6.45, 7) is 0.694. The molecule has 0 radical (unpaired) electrons. The van der Waals surface area contributed by atoms with E-state index in [0.717, 1.165) is 0 Å². The molecule has 0 aromatic heterocycles. The van der Waals surface area contributed by atoms with E-state index in [1.54, 1.807) is 0 Å². The number of nitrogens with zero attached hydrogens (tertiary/aromatic N) is 2. The van der Waals surface area contributed by atoms with Crippen LogP contribution < -0.4 is 15.0 Å². The first-order valence-electron chi connectivity index (χ1n) is 9.58. The molecule has 0 saturated carbocycles. The molecule has 3 rings (SSSR count). The predicted octanol–water partition coefficient (Wildman–Crippen LogP) is 4.26. The normalized spacial score (nSPS) is 14.2. The Bertz CT molecular complexity index is 1030. The molecule has 2 aromatic rings. The van der Waals surface area contributed by atoms with Gasteiger partial charge in [0.1, 0.15) is 5.75 Å². The number of hydrogen-bond acceptors (Lipinski definition) is 4. The molecule has 6 nitrogen and oxygen atoms in total. The molecule has 0 fully saturated rings. The van der Waals surface area contributed by atoms with E-state index in [4.69, 9.17) is 4.74 Å². The lowest BCUT2D eigenvalue weighted by molar-refractivity contribution is -0.143. The van der Waals surface area contributed by atoms with E-state index in [2.05, 4.69) is 5.32 Å². The topological polar surface area (TPSA) is 61.9 Å². The second-order valence-electron chi connectivity index (χ2n) is 7.57. The van der Waals surface area contributed by atoms with Gasteiger partial charge < -0.3 is 19.9 Å². The van der Waals surface area contributed by atoms with Crippen molar-refractivity contribution in [2.24, 2.45) is 0 Å². The third-order valence-electron chi connectivity index (χ3n) is 4.78. The summed E-state index contributed by atoms with van der Waals surface area (Å²) in [5.41, 5.74) is -3.48. The van der Waals surface area contributed by atoms with Crippen LogP contribution in [0.3, 0.4) is 0 Å².